The zero-order valence-electron chi connectivity index (χ0n) is 8.91. The molecule has 17 heavy (non-hydrogen) atoms. The Morgan fingerprint density at radius 1 is 1.53 bits per heavy atom. The van der Waals surface area contributed by atoms with E-state index in [0.29, 0.717) is 5.52 Å². The fourth-order valence-electron chi connectivity index (χ4n) is 1.45. The molecule has 0 amide bonds. The molecule has 0 aliphatic rings. The van der Waals surface area contributed by atoms with E-state index in [2.05, 4.69) is 30.6 Å². The Balaban J connectivity index is 2.52. The quantitative estimate of drug-likeness (QED) is 0.631. The second-order valence-corrected chi connectivity index (χ2v) is 4.50. The second-order valence-electron chi connectivity index (χ2n) is 3.37. The van der Waals surface area contributed by atoms with E-state index in [9.17, 15) is 4.79 Å². The van der Waals surface area contributed by atoms with Crippen LogP contribution in [0.15, 0.2) is 22.8 Å². The van der Waals surface area contributed by atoms with Gasteiger partial charge in [0.2, 0.25) is 5.28 Å². The topological polar surface area (TPSA) is 52.1 Å². The summed E-state index contributed by atoms with van der Waals surface area (Å²) in [7, 11) is 1.36. The molecular formula is C11H8BrClN2O2. The van der Waals surface area contributed by atoms with Crippen LogP contribution in [0.2, 0.25) is 5.28 Å². The van der Waals surface area contributed by atoms with E-state index in [-0.39, 0.29) is 17.7 Å². The highest BCUT2D eigenvalue weighted by Crippen LogP contribution is 2.27. The van der Waals surface area contributed by atoms with E-state index in [0.717, 1.165) is 15.4 Å². The summed E-state index contributed by atoms with van der Waals surface area (Å²) in [6.07, 6.45) is 1.83. The van der Waals surface area contributed by atoms with Crippen LogP contribution in [0, 0.1) is 0 Å². The van der Waals surface area contributed by atoms with Gasteiger partial charge in [0.05, 0.1) is 19.0 Å². The van der Waals surface area contributed by atoms with Crippen molar-refractivity contribution >= 4 is 44.4 Å². The van der Waals surface area contributed by atoms with Crippen LogP contribution in [0.5, 0.6) is 0 Å². The van der Waals surface area contributed by atoms with Crippen LogP contribution in [0.25, 0.3) is 10.9 Å². The highest BCUT2D eigenvalue weighted by molar-refractivity contribution is 9.10. The number of esters is 1. The van der Waals surface area contributed by atoms with E-state index in [4.69, 9.17) is 11.6 Å². The molecule has 6 heteroatoms. The Morgan fingerprint density at radius 3 is 3.00 bits per heavy atom. The van der Waals surface area contributed by atoms with Crippen molar-refractivity contribution in [3.63, 3.8) is 0 Å². The minimum absolute atomic E-state index is 0.174. The smallest absolute Gasteiger partial charge is 0.310 e. The van der Waals surface area contributed by atoms with E-state index in [1.165, 1.54) is 7.11 Å². The van der Waals surface area contributed by atoms with Crippen molar-refractivity contribution in [3.8, 4) is 0 Å². The standard InChI is InChI=1S/C11H8BrClN2O2/c1-17-8(16)4-6-2-3-7-5-14-11(13)15-10(7)9(6)12/h2-3,5H,4H2,1H3. The van der Waals surface area contributed by atoms with Gasteiger partial charge in [-0.15, -0.1) is 0 Å². The van der Waals surface area contributed by atoms with Crippen LogP contribution in [-0.2, 0) is 16.0 Å². The Labute approximate surface area is 111 Å². The number of halogens is 2. The average Bonchev–Trinajstić information content (AvgIpc) is 2.33. The molecule has 0 N–H and O–H groups in total. The highest BCUT2D eigenvalue weighted by Gasteiger charge is 2.11. The molecule has 0 spiro atoms. The number of fused-ring (bicyclic) bond motifs is 1. The molecule has 2 rings (SSSR count). The number of benzene rings is 1. The van der Waals surface area contributed by atoms with E-state index in [1.807, 2.05) is 12.1 Å². The van der Waals surface area contributed by atoms with Crippen LogP contribution in [0.4, 0.5) is 0 Å². The summed E-state index contributed by atoms with van der Waals surface area (Å²) in [6.45, 7) is 0. The predicted octanol–water partition coefficient (Wildman–Crippen LogP) is 2.76. The molecule has 0 unspecified atom stereocenters. The molecule has 1 heterocycles. The fraction of sp³-hybridized carbons (Fsp3) is 0.182. The molecule has 0 aliphatic heterocycles. The molecule has 0 saturated heterocycles. The number of nitrogens with zero attached hydrogens (tertiary/aromatic N) is 2. The number of aromatic nitrogens is 2. The van der Waals surface area contributed by atoms with Gasteiger partial charge in [-0.05, 0) is 33.1 Å². The third-order valence-electron chi connectivity index (χ3n) is 2.30. The maximum atomic E-state index is 11.2. The van der Waals surface area contributed by atoms with E-state index < -0.39 is 0 Å². The van der Waals surface area contributed by atoms with Crippen molar-refractivity contribution in [2.75, 3.05) is 7.11 Å². The van der Waals surface area contributed by atoms with Crippen molar-refractivity contribution < 1.29 is 9.53 Å². The third-order valence-corrected chi connectivity index (χ3v) is 3.37. The van der Waals surface area contributed by atoms with Gasteiger partial charge in [-0.3, -0.25) is 4.79 Å². The summed E-state index contributed by atoms with van der Waals surface area (Å²) >= 11 is 9.16. The lowest BCUT2D eigenvalue weighted by Gasteiger charge is -2.06. The summed E-state index contributed by atoms with van der Waals surface area (Å²) in [5.74, 6) is -0.301. The maximum Gasteiger partial charge on any atom is 0.310 e. The Bertz CT molecular complexity index is 589. The molecule has 0 fully saturated rings. The van der Waals surface area contributed by atoms with E-state index >= 15 is 0 Å². The Kier molecular flexibility index (Phi) is 3.59. The third kappa shape index (κ3) is 2.56. The SMILES string of the molecule is COC(=O)Cc1ccc2cnc(Cl)nc2c1Br. The number of carbonyl (C=O) groups excluding carboxylic acids is 1. The van der Waals surface area contributed by atoms with Crippen molar-refractivity contribution in [2.45, 2.75) is 6.42 Å². The van der Waals surface area contributed by atoms with Crippen LogP contribution in [-0.4, -0.2) is 23.0 Å². The summed E-state index contributed by atoms with van der Waals surface area (Å²) in [6, 6.07) is 3.68. The number of carbonyl (C=O) groups is 1. The average molecular weight is 316 g/mol. The Hall–Kier alpha value is -1.20. The first-order valence-electron chi connectivity index (χ1n) is 4.78. The molecule has 1 aromatic heterocycles. The van der Waals surface area contributed by atoms with Crippen molar-refractivity contribution in [3.05, 3.63) is 33.6 Å². The minimum Gasteiger partial charge on any atom is -0.469 e. The van der Waals surface area contributed by atoms with E-state index in [1.54, 1.807) is 6.20 Å². The molecule has 0 saturated carbocycles. The Morgan fingerprint density at radius 2 is 2.29 bits per heavy atom. The van der Waals surface area contributed by atoms with Gasteiger partial charge in [0.1, 0.15) is 0 Å². The van der Waals surface area contributed by atoms with Gasteiger partial charge in [-0.1, -0.05) is 12.1 Å². The monoisotopic (exact) mass is 314 g/mol. The molecule has 0 atom stereocenters. The molecule has 88 valence electrons. The summed E-state index contributed by atoms with van der Waals surface area (Å²) in [4.78, 5) is 19.3. The summed E-state index contributed by atoms with van der Waals surface area (Å²) < 4.78 is 5.37. The lowest BCUT2D eigenvalue weighted by molar-refractivity contribution is -0.139. The second kappa shape index (κ2) is 4.98. The lowest BCUT2D eigenvalue weighted by atomic mass is 10.1. The van der Waals surface area contributed by atoms with Gasteiger partial charge in [0.25, 0.3) is 0 Å². The molecule has 2 aromatic rings. The minimum atomic E-state index is -0.301. The van der Waals surface area contributed by atoms with Gasteiger partial charge in [0, 0.05) is 16.1 Å². The van der Waals surface area contributed by atoms with Crippen molar-refractivity contribution in [1.29, 1.82) is 0 Å². The normalized spacial score (nSPS) is 10.5. The molecule has 4 nitrogen and oxygen atoms in total. The number of hydrogen-bond donors (Lipinski definition) is 0. The maximum absolute atomic E-state index is 11.2. The van der Waals surface area contributed by atoms with Crippen LogP contribution < -0.4 is 0 Å². The zero-order chi connectivity index (χ0) is 12.4. The fourth-order valence-corrected chi connectivity index (χ4v) is 2.17. The van der Waals surface area contributed by atoms with Crippen molar-refractivity contribution in [2.24, 2.45) is 0 Å². The number of ether oxygens (including phenoxy) is 1. The van der Waals surface area contributed by atoms with Gasteiger partial charge >= 0.3 is 5.97 Å². The number of methoxy groups -OCH3 is 1. The predicted molar refractivity (Wildman–Crippen MR) is 68.0 cm³/mol. The summed E-state index contributed by atoms with van der Waals surface area (Å²) in [5, 5.41) is 1.03. The number of hydrogen-bond acceptors (Lipinski definition) is 4. The van der Waals surface area contributed by atoms with Gasteiger partial charge in [-0.2, -0.15) is 0 Å². The first-order valence-corrected chi connectivity index (χ1v) is 5.95. The van der Waals surface area contributed by atoms with Gasteiger partial charge in [0.15, 0.2) is 0 Å². The molecule has 1 aromatic carbocycles. The number of rotatable bonds is 2. The van der Waals surface area contributed by atoms with Crippen LogP contribution in [0.3, 0.4) is 0 Å². The zero-order valence-corrected chi connectivity index (χ0v) is 11.2. The van der Waals surface area contributed by atoms with Crippen LogP contribution in [0.1, 0.15) is 5.56 Å². The lowest BCUT2D eigenvalue weighted by Crippen LogP contribution is -2.05. The largest absolute Gasteiger partial charge is 0.469 e. The first-order chi connectivity index (χ1) is 8.11. The molecule has 0 radical (unpaired) electrons. The molecule has 0 aliphatic carbocycles. The highest BCUT2D eigenvalue weighted by atomic mass is 79.9. The molecule has 0 bridgehead atoms. The van der Waals surface area contributed by atoms with Crippen molar-refractivity contribution in [1.82, 2.24) is 9.97 Å². The van der Waals surface area contributed by atoms with Gasteiger partial charge < -0.3 is 4.74 Å². The summed E-state index contributed by atoms with van der Waals surface area (Å²) in [5.41, 5.74) is 1.49. The molecular weight excluding hydrogens is 307 g/mol. The van der Waals surface area contributed by atoms with Crippen LogP contribution >= 0.6 is 27.5 Å². The first kappa shape index (κ1) is 12.3. The van der Waals surface area contributed by atoms with Gasteiger partial charge in [-0.25, -0.2) is 9.97 Å².